The van der Waals surface area contributed by atoms with Gasteiger partial charge in [-0.15, -0.1) is 0 Å². The van der Waals surface area contributed by atoms with E-state index in [0.29, 0.717) is 5.69 Å². The van der Waals surface area contributed by atoms with Crippen LogP contribution in [0.2, 0.25) is 0 Å². The van der Waals surface area contributed by atoms with Crippen molar-refractivity contribution in [2.24, 2.45) is 0 Å². The van der Waals surface area contributed by atoms with Crippen molar-refractivity contribution in [3.8, 4) is 0 Å². The number of anilines is 2. The number of nitrogens with zero attached hydrogens (tertiary/aromatic N) is 1. The van der Waals surface area contributed by atoms with Gasteiger partial charge in [-0.2, -0.15) is 13.2 Å². The SMILES string of the molecule is FC(F)(F)c1cccc(N2c3ccccc3C3C=C(c4ccc5[nH]c6ccccc6c5c4)C=CC32)c1. The van der Waals surface area contributed by atoms with Gasteiger partial charge in [0, 0.05) is 39.1 Å². The molecule has 2 nitrogen and oxygen atoms in total. The Morgan fingerprint density at radius 2 is 1.56 bits per heavy atom. The molecule has 1 N–H and O–H groups in total. The van der Waals surface area contributed by atoms with Crippen molar-refractivity contribution in [1.82, 2.24) is 4.98 Å². The predicted molar refractivity (Wildman–Crippen MR) is 139 cm³/mol. The molecule has 176 valence electrons. The number of para-hydroxylation sites is 2. The Hall–Kier alpha value is -4.25. The zero-order valence-electron chi connectivity index (χ0n) is 19.1. The van der Waals surface area contributed by atoms with E-state index >= 15 is 0 Å². The number of allylic oxidation sites excluding steroid dienone is 2. The minimum Gasteiger partial charge on any atom is -0.355 e. The maximum absolute atomic E-state index is 13.5. The molecule has 0 spiro atoms. The monoisotopic (exact) mass is 478 g/mol. The first-order valence-corrected chi connectivity index (χ1v) is 11.9. The highest BCUT2D eigenvalue weighted by atomic mass is 19.4. The lowest BCUT2D eigenvalue weighted by molar-refractivity contribution is -0.137. The third-order valence-corrected chi connectivity index (χ3v) is 7.34. The number of rotatable bonds is 2. The molecule has 5 aromatic rings. The maximum atomic E-state index is 13.5. The van der Waals surface area contributed by atoms with E-state index < -0.39 is 11.7 Å². The lowest BCUT2D eigenvalue weighted by atomic mass is 9.86. The number of alkyl halides is 3. The van der Waals surface area contributed by atoms with Gasteiger partial charge >= 0.3 is 6.18 Å². The molecule has 0 saturated carbocycles. The molecule has 2 atom stereocenters. The van der Waals surface area contributed by atoms with Gasteiger partial charge in [-0.05, 0) is 59.2 Å². The summed E-state index contributed by atoms with van der Waals surface area (Å²) in [5, 5.41) is 2.37. The number of hydrogen-bond acceptors (Lipinski definition) is 1. The van der Waals surface area contributed by atoms with E-state index in [-0.39, 0.29) is 12.0 Å². The van der Waals surface area contributed by atoms with E-state index in [1.165, 1.54) is 22.9 Å². The largest absolute Gasteiger partial charge is 0.416 e. The van der Waals surface area contributed by atoms with Crippen molar-refractivity contribution in [3.63, 3.8) is 0 Å². The van der Waals surface area contributed by atoms with E-state index in [9.17, 15) is 13.2 Å². The van der Waals surface area contributed by atoms with Crippen LogP contribution in [0.5, 0.6) is 0 Å². The zero-order chi connectivity index (χ0) is 24.4. The molecule has 7 rings (SSSR count). The molecule has 36 heavy (non-hydrogen) atoms. The second-order valence-corrected chi connectivity index (χ2v) is 9.41. The van der Waals surface area contributed by atoms with E-state index in [2.05, 4.69) is 59.6 Å². The van der Waals surface area contributed by atoms with Gasteiger partial charge in [0.2, 0.25) is 0 Å². The summed E-state index contributed by atoms with van der Waals surface area (Å²) in [6.07, 6.45) is 2.10. The Bertz CT molecular complexity index is 1710. The molecule has 5 heteroatoms. The summed E-state index contributed by atoms with van der Waals surface area (Å²) in [7, 11) is 0. The number of halogens is 3. The molecule has 0 bridgehead atoms. The summed E-state index contributed by atoms with van der Waals surface area (Å²) < 4.78 is 40.4. The Kier molecular flexibility index (Phi) is 4.46. The standard InChI is InChI=1S/C31H21F3N2/c32-31(33,34)21-6-5-7-22(18-21)36-29-11-4-2-9-24(29)26-17-20(13-15-30(26)36)19-12-14-28-25(16-19)23-8-1-3-10-27(23)35-28/h1-18,26,30,35H. The van der Waals surface area contributed by atoms with Crippen LogP contribution >= 0.6 is 0 Å². The van der Waals surface area contributed by atoms with Crippen LogP contribution < -0.4 is 4.90 Å². The van der Waals surface area contributed by atoms with Crippen LogP contribution in [0.15, 0.2) is 109 Å². The average molecular weight is 479 g/mol. The van der Waals surface area contributed by atoms with Crippen LogP contribution in [0, 0.1) is 0 Å². The predicted octanol–water partition coefficient (Wildman–Crippen LogP) is 8.60. The van der Waals surface area contributed by atoms with Crippen LogP contribution in [0.25, 0.3) is 27.4 Å². The molecule has 0 saturated heterocycles. The first-order chi connectivity index (χ1) is 17.5. The smallest absolute Gasteiger partial charge is 0.355 e. The minimum absolute atomic E-state index is 0.0365. The van der Waals surface area contributed by atoms with Crippen molar-refractivity contribution < 1.29 is 13.2 Å². The molecule has 1 aromatic heterocycles. The van der Waals surface area contributed by atoms with Gasteiger partial charge in [0.1, 0.15) is 0 Å². The van der Waals surface area contributed by atoms with Crippen LogP contribution in [0.4, 0.5) is 24.5 Å². The fourth-order valence-corrected chi connectivity index (χ4v) is 5.70. The van der Waals surface area contributed by atoms with Crippen LogP contribution in [-0.4, -0.2) is 11.0 Å². The molecule has 2 heterocycles. The molecular formula is C31H21F3N2. The number of hydrogen-bond donors (Lipinski definition) is 1. The number of H-pyrrole nitrogens is 1. The van der Waals surface area contributed by atoms with Gasteiger partial charge in [-0.25, -0.2) is 0 Å². The van der Waals surface area contributed by atoms with Crippen molar-refractivity contribution in [3.05, 3.63) is 126 Å². The van der Waals surface area contributed by atoms with Gasteiger partial charge in [0.05, 0.1) is 11.6 Å². The Morgan fingerprint density at radius 1 is 0.750 bits per heavy atom. The topological polar surface area (TPSA) is 19.0 Å². The fourth-order valence-electron chi connectivity index (χ4n) is 5.70. The van der Waals surface area contributed by atoms with E-state index in [1.807, 2.05) is 35.2 Å². The van der Waals surface area contributed by atoms with Gasteiger partial charge in [-0.1, -0.05) is 66.8 Å². The summed E-state index contributed by atoms with van der Waals surface area (Å²) in [4.78, 5) is 5.50. The molecule has 0 amide bonds. The summed E-state index contributed by atoms with van der Waals surface area (Å²) >= 11 is 0. The zero-order valence-corrected chi connectivity index (χ0v) is 19.1. The molecule has 4 aromatic carbocycles. The van der Waals surface area contributed by atoms with Gasteiger partial charge in [-0.3, -0.25) is 0 Å². The maximum Gasteiger partial charge on any atom is 0.416 e. The molecular weight excluding hydrogens is 457 g/mol. The number of benzene rings is 4. The molecule has 2 unspecified atom stereocenters. The van der Waals surface area contributed by atoms with E-state index in [0.717, 1.165) is 39.5 Å². The summed E-state index contributed by atoms with van der Waals surface area (Å²) in [6, 6.07) is 28.3. The second kappa shape index (κ2) is 7.62. The van der Waals surface area contributed by atoms with E-state index in [4.69, 9.17) is 0 Å². The summed E-state index contributed by atoms with van der Waals surface area (Å²) in [5.74, 6) is 0.0365. The summed E-state index contributed by atoms with van der Waals surface area (Å²) in [5.41, 5.74) is 6.42. The van der Waals surface area contributed by atoms with Crippen molar-refractivity contribution >= 4 is 38.8 Å². The number of nitrogens with one attached hydrogen (secondary N) is 1. The normalized spacial score (nSPS) is 19.0. The molecule has 0 radical (unpaired) electrons. The van der Waals surface area contributed by atoms with Crippen molar-refractivity contribution in [1.29, 1.82) is 0 Å². The average Bonchev–Trinajstić information content (AvgIpc) is 3.43. The van der Waals surface area contributed by atoms with Gasteiger partial charge < -0.3 is 9.88 Å². The lowest BCUT2D eigenvalue weighted by Crippen LogP contribution is -2.29. The Labute approximate surface area is 206 Å². The summed E-state index contributed by atoms with van der Waals surface area (Å²) in [6.45, 7) is 0. The highest BCUT2D eigenvalue weighted by molar-refractivity contribution is 6.08. The second-order valence-electron chi connectivity index (χ2n) is 9.41. The number of fused-ring (bicyclic) bond motifs is 6. The van der Waals surface area contributed by atoms with Gasteiger partial charge in [0.25, 0.3) is 0 Å². The number of aromatic nitrogens is 1. The van der Waals surface area contributed by atoms with Crippen molar-refractivity contribution in [2.45, 2.75) is 18.1 Å². The lowest BCUT2D eigenvalue weighted by Gasteiger charge is -2.30. The minimum atomic E-state index is -4.38. The molecule has 0 fully saturated rings. The van der Waals surface area contributed by atoms with Gasteiger partial charge in [0.15, 0.2) is 0 Å². The Balaban J connectivity index is 1.32. The highest BCUT2D eigenvalue weighted by Gasteiger charge is 2.39. The molecule has 1 aliphatic carbocycles. The third-order valence-electron chi connectivity index (χ3n) is 7.34. The number of aromatic amines is 1. The Morgan fingerprint density at radius 3 is 2.44 bits per heavy atom. The van der Waals surface area contributed by atoms with E-state index in [1.54, 1.807) is 6.07 Å². The first-order valence-electron chi connectivity index (χ1n) is 11.9. The van der Waals surface area contributed by atoms with Crippen LogP contribution in [0.3, 0.4) is 0 Å². The molecule has 1 aliphatic heterocycles. The van der Waals surface area contributed by atoms with Crippen LogP contribution in [-0.2, 0) is 6.18 Å². The fraction of sp³-hybridized carbons (Fsp3) is 0.0968. The highest BCUT2D eigenvalue weighted by Crippen LogP contribution is 2.49. The first kappa shape index (κ1) is 21.1. The van der Waals surface area contributed by atoms with Crippen molar-refractivity contribution in [2.75, 3.05) is 4.90 Å². The quantitative estimate of drug-likeness (QED) is 0.269. The molecule has 2 aliphatic rings. The third kappa shape index (κ3) is 3.19. The van der Waals surface area contributed by atoms with Crippen LogP contribution in [0.1, 0.15) is 22.6 Å².